The van der Waals surface area contributed by atoms with Crippen molar-refractivity contribution in [3.8, 4) is 5.75 Å². The summed E-state index contributed by atoms with van der Waals surface area (Å²) in [4.78, 5) is 23.3. The third kappa shape index (κ3) is 4.28. The van der Waals surface area contributed by atoms with Crippen LogP contribution in [-0.2, 0) is 9.59 Å². The summed E-state index contributed by atoms with van der Waals surface area (Å²) < 4.78 is 5.17. The zero-order valence-electron chi connectivity index (χ0n) is 14.7. The maximum Gasteiger partial charge on any atom is 0.243 e. The van der Waals surface area contributed by atoms with E-state index in [0.29, 0.717) is 11.4 Å². The summed E-state index contributed by atoms with van der Waals surface area (Å²) in [6, 6.07) is 14.3. The molecule has 1 amide bonds. The molecule has 0 unspecified atom stereocenters. The molecule has 1 aliphatic rings. The van der Waals surface area contributed by atoms with Gasteiger partial charge in [0, 0.05) is 23.8 Å². The van der Waals surface area contributed by atoms with Crippen molar-refractivity contribution in [3.63, 3.8) is 0 Å². The molecule has 1 aliphatic heterocycles. The van der Waals surface area contributed by atoms with E-state index in [4.69, 9.17) is 16.3 Å². The molecule has 0 N–H and O–H groups in total. The van der Waals surface area contributed by atoms with E-state index in [9.17, 15) is 14.7 Å². The first-order chi connectivity index (χ1) is 13.0. The van der Waals surface area contributed by atoms with Gasteiger partial charge < -0.3 is 14.6 Å². The number of methoxy groups -OCH3 is 1. The highest BCUT2D eigenvalue weighted by Crippen LogP contribution is 2.36. The van der Waals surface area contributed by atoms with Crippen LogP contribution in [0.3, 0.4) is 0 Å². The van der Waals surface area contributed by atoms with E-state index in [-0.39, 0.29) is 24.8 Å². The minimum atomic E-state index is -1.27. The molecule has 0 saturated heterocycles. The second-order valence-electron chi connectivity index (χ2n) is 6.13. The Morgan fingerprint density at radius 1 is 1.19 bits per heavy atom. The van der Waals surface area contributed by atoms with Crippen molar-refractivity contribution in [3.05, 3.63) is 64.7 Å². The average Bonchev–Trinajstić information content (AvgIpc) is 3.11. The number of hydrogen-bond acceptors (Lipinski definition) is 5. The number of nitrogens with zero attached hydrogens (tertiary/aromatic N) is 2. The van der Waals surface area contributed by atoms with Gasteiger partial charge in [-0.15, -0.1) is 0 Å². The number of aliphatic carboxylic acids is 1. The highest BCUT2D eigenvalue weighted by atomic mass is 35.5. The number of hydrazone groups is 1. The largest absolute Gasteiger partial charge is 0.550 e. The number of halogens is 1. The molecule has 0 radical (unpaired) electrons. The van der Waals surface area contributed by atoms with Gasteiger partial charge in [0.1, 0.15) is 5.75 Å². The van der Waals surface area contributed by atoms with Crippen molar-refractivity contribution in [2.24, 2.45) is 5.10 Å². The van der Waals surface area contributed by atoms with Crippen molar-refractivity contribution in [2.45, 2.75) is 25.3 Å². The first kappa shape index (κ1) is 18.9. The van der Waals surface area contributed by atoms with E-state index in [1.807, 2.05) is 42.5 Å². The molecule has 6 nitrogen and oxygen atoms in total. The molecule has 0 spiro atoms. The Hall–Kier alpha value is -2.86. The summed E-state index contributed by atoms with van der Waals surface area (Å²) in [5.41, 5.74) is 2.36. The summed E-state index contributed by atoms with van der Waals surface area (Å²) in [6.45, 7) is 0. The molecule has 0 aromatic heterocycles. The van der Waals surface area contributed by atoms with Gasteiger partial charge in [-0.2, -0.15) is 5.10 Å². The third-order valence-electron chi connectivity index (χ3n) is 4.40. The zero-order chi connectivity index (χ0) is 19.4. The Kier molecular flexibility index (Phi) is 5.76. The zero-order valence-corrected chi connectivity index (χ0v) is 15.5. The maximum absolute atomic E-state index is 12.6. The normalized spacial score (nSPS) is 16.1. The molecule has 1 atom stereocenters. The fraction of sp³-hybridized carbons (Fsp3) is 0.250. The number of carboxylic acids is 1. The van der Waals surface area contributed by atoms with Crippen LogP contribution in [0.25, 0.3) is 0 Å². The first-order valence-corrected chi connectivity index (χ1v) is 8.85. The number of amides is 1. The van der Waals surface area contributed by atoms with Gasteiger partial charge in [-0.3, -0.25) is 4.79 Å². The molecule has 3 rings (SSSR count). The van der Waals surface area contributed by atoms with Crippen molar-refractivity contribution >= 4 is 29.2 Å². The van der Waals surface area contributed by atoms with Crippen molar-refractivity contribution < 1.29 is 19.4 Å². The molecule has 0 fully saturated rings. The minimum Gasteiger partial charge on any atom is -0.550 e. The van der Waals surface area contributed by atoms with Gasteiger partial charge in [0.15, 0.2) is 0 Å². The molecular formula is C20H18ClN2O4-. The van der Waals surface area contributed by atoms with Crippen LogP contribution in [0.2, 0.25) is 5.02 Å². The maximum atomic E-state index is 12.6. The molecule has 0 bridgehead atoms. The summed E-state index contributed by atoms with van der Waals surface area (Å²) >= 11 is 6.33. The predicted molar refractivity (Wildman–Crippen MR) is 99.4 cm³/mol. The van der Waals surface area contributed by atoms with E-state index < -0.39 is 5.97 Å². The van der Waals surface area contributed by atoms with Crippen LogP contribution in [0.15, 0.2) is 53.6 Å². The highest BCUT2D eigenvalue weighted by molar-refractivity contribution is 6.31. The number of carbonyl (C=O) groups is 2. The molecule has 140 valence electrons. The summed E-state index contributed by atoms with van der Waals surface area (Å²) in [5, 5.41) is 17.1. The Balaban J connectivity index is 1.91. The van der Waals surface area contributed by atoms with Crippen molar-refractivity contribution in [1.29, 1.82) is 0 Å². The lowest BCUT2D eigenvalue weighted by Gasteiger charge is -2.23. The number of benzene rings is 2. The Morgan fingerprint density at radius 3 is 2.52 bits per heavy atom. The average molecular weight is 386 g/mol. The Bertz CT molecular complexity index is 880. The van der Waals surface area contributed by atoms with E-state index in [0.717, 1.165) is 22.6 Å². The molecule has 0 saturated carbocycles. The van der Waals surface area contributed by atoms with Crippen molar-refractivity contribution in [1.82, 2.24) is 5.01 Å². The topological polar surface area (TPSA) is 82.0 Å². The SMILES string of the molecule is COc1ccc(C2=NN(C(=O)CCC(=O)[O-])[C@H](c3ccccc3Cl)C2)cc1. The van der Waals surface area contributed by atoms with E-state index in [1.54, 1.807) is 13.2 Å². The van der Waals surface area contributed by atoms with E-state index >= 15 is 0 Å². The van der Waals surface area contributed by atoms with Crippen LogP contribution in [-0.4, -0.2) is 29.7 Å². The number of hydrogen-bond donors (Lipinski definition) is 0. The van der Waals surface area contributed by atoms with Gasteiger partial charge in [0.05, 0.1) is 18.9 Å². The molecule has 7 heteroatoms. The lowest BCUT2D eigenvalue weighted by Crippen LogP contribution is -2.30. The summed E-state index contributed by atoms with van der Waals surface area (Å²) in [5.74, 6) is -0.925. The van der Waals surface area contributed by atoms with Gasteiger partial charge in [-0.1, -0.05) is 29.8 Å². The van der Waals surface area contributed by atoms with E-state index in [2.05, 4.69) is 5.10 Å². The number of carboxylic acid groups (broad SMARTS) is 1. The fourth-order valence-corrected chi connectivity index (χ4v) is 3.27. The molecular weight excluding hydrogens is 368 g/mol. The van der Waals surface area contributed by atoms with E-state index in [1.165, 1.54) is 5.01 Å². The molecule has 0 aliphatic carbocycles. The van der Waals surface area contributed by atoms with Gasteiger partial charge in [0.2, 0.25) is 5.91 Å². The molecule has 1 heterocycles. The summed E-state index contributed by atoms with van der Waals surface area (Å²) in [6.07, 6.45) is -0.0479. The van der Waals surface area contributed by atoms with Crippen LogP contribution in [0, 0.1) is 0 Å². The number of ether oxygens (including phenoxy) is 1. The smallest absolute Gasteiger partial charge is 0.243 e. The quantitative estimate of drug-likeness (QED) is 0.765. The van der Waals surface area contributed by atoms with Gasteiger partial charge in [-0.05, 0) is 47.9 Å². The van der Waals surface area contributed by atoms with Crippen LogP contribution < -0.4 is 9.84 Å². The van der Waals surface area contributed by atoms with Gasteiger partial charge >= 0.3 is 0 Å². The second-order valence-corrected chi connectivity index (χ2v) is 6.53. The standard InChI is InChI=1S/C20H19ClN2O4/c1-27-14-8-6-13(7-9-14)17-12-18(15-4-2-3-5-16(15)21)23(22-17)19(24)10-11-20(25)26/h2-9,18H,10-12H2,1H3,(H,25,26)/p-1/t18-/m0/s1. The minimum absolute atomic E-state index is 0.178. The highest BCUT2D eigenvalue weighted by Gasteiger charge is 2.33. The lowest BCUT2D eigenvalue weighted by atomic mass is 9.98. The van der Waals surface area contributed by atoms with Gasteiger partial charge in [0.25, 0.3) is 0 Å². The first-order valence-electron chi connectivity index (χ1n) is 8.48. The Morgan fingerprint density at radius 2 is 1.89 bits per heavy atom. The monoisotopic (exact) mass is 385 g/mol. The molecule has 27 heavy (non-hydrogen) atoms. The molecule has 2 aromatic carbocycles. The predicted octanol–water partition coefficient (Wildman–Crippen LogP) is 2.56. The van der Waals surface area contributed by atoms with Crippen LogP contribution >= 0.6 is 11.6 Å². The fourth-order valence-electron chi connectivity index (χ4n) is 3.01. The van der Waals surface area contributed by atoms with Crippen LogP contribution in [0.4, 0.5) is 0 Å². The number of carbonyl (C=O) groups excluding carboxylic acids is 2. The van der Waals surface area contributed by atoms with Gasteiger partial charge in [-0.25, -0.2) is 5.01 Å². The second kappa shape index (κ2) is 8.22. The Labute approximate surface area is 162 Å². The van der Waals surface area contributed by atoms with Crippen LogP contribution in [0.5, 0.6) is 5.75 Å². The summed E-state index contributed by atoms with van der Waals surface area (Å²) in [7, 11) is 1.59. The number of rotatable bonds is 6. The van der Waals surface area contributed by atoms with Crippen molar-refractivity contribution in [2.75, 3.05) is 7.11 Å². The molecule has 2 aromatic rings. The van der Waals surface area contributed by atoms with Crippen LogP contribution in [0.1, 0.15) is 36.4 Å². The lowest BCUT2D eigenvalue weighted by molar-refractivity contribution is -0.305. The third-order valence-corrected chi connectivity index (χ3v) is 4.74.